The first-order valence-electron chi connectivity index (χ1n) is 7.29. The van der Waals surface area contributed by atoms with Gasteiger partial charge in [0, 0.05) is 10.9 Å². The summed E-state index contributed by atoms with van der Waals surface area (Å²) in [5, 5.41) is 2.60. The van der Waals surface area contributed by atoms with Gasteiger partial charge in [0.15, 0.2) is 0 Å². The van der Waals surface area contributed by atoms with Crippen molar-refractivity contribution >= 4 is 27.5 Å². The molecule has 0 saturated heterocycles. The summed E-state index contributed by atoms with van der Waals surface area (Å²) in [6, 6.07) is 12.8. The minimum Gasteiger partial charge on any atom is -0.324 e. The molecule has 2 aromatic carbocycles. The Morgan fingerprint density at radius 3 is 2.45 bits per heavy atom. The molecule has 0 radical (unpaired) electrons. The molecular formula is C18H19BrFNO. The first-order valence-corrected chi connectivity index (χ1v) is 8.08. The van der Waals surface area contributed by atoms with E-state index in [1.165, 1.54) is 11.6 Å². The molecule has 1 amide bonds. The van der Waals surface area contributed by atoms with Crippen LogP contribution in [-0.2, 0) is 11.2 Å². The second-order valence-electron chi connectivity index (χ2n) is 5.57. The Labute approximate surface area is 138 Å². The van der Waals surface area contributed by atoms with E-state index in [2.05, 4.69) is 47.2 Å². The quantitative estimate of drug-likeness (QED) is 0.768. The van der Waals surface area contributed by atoms with Crippen LogP contribution in [0.25, 0.3) is 0 Å². The molecule has 0 aliphatic carbocycles. The van der Waals surface area contributed by atoms with Gasteiger partial charge in [-0.2, -0.15) is 0 Å². The van der Waals surface area contributed by atoms with Crippen LogP contribution in [0.4, 0.5) is 10.1 Å². The molecule has 0 heterocycles. The van der Waals surface area contributed by atoms with Gasteiger partial charge in [0.2, 0.25) is 5.91 Å². The number of carbonyl (C=O) groups excluding carboxylic acids is 1. The maximum Gasteiger partial charge on any atom is 0.224 e. The smallest absolute Gasteiger partial charge is 0.224 e. The van der Waals surface area contributed by atoms with Crippen LogP contribution in [0, 0.1) is 5.82 Å². The minimum absolute atomic E-state index is 0.186. The zero-order chi connectivity index (χ0) is 16.1. The highest BCUT2D eigenvalue weighted by molar-refractivity contribution is 9.10. The molecule has 2 rings (SSSR count). The molecule has 0 atom stereocenters. The fourth-order valence-corrected chi connectivity index (χ4v) is 2.46. The van der Waals surface area contributed by atoms with E-state index in [1.54, 1.807) is 12.1 Å². The van der Waals surface area contributed by atoms with Crippen molar-refractivity contribution in [1.82, 2.24) is 0 Å². The number of nitrogens with one attached hydrogen (secondary N) is 1. The molecule has 1 N–H and O–H groups in total. The van der Waals surface area contributed by atoms with E-state index in [1.807, 2.05) is 12.1 Å². The molecule has 0 saturated carbocycles. The summed E-state index contributed by atoms with van der Waals surface area (Å²) in [6.07, 6.45) is 0.971. The highest BCUT2D eigenvalue weighted by atomic mass is 79.9. The maximum atomic E-state index is 13.6. The average molecular weight is 364 g/mol. The van der Waals surface area contributed by atoms with Crippen molar-refractivity contribution in [2.75, 3.05) is 5.32 Å². The number of halogens is 2. The number of hydrogen-bond acceptors (Lipinski definition) is 1. The normalized spacial score (nSPS) is 10.8. The second-order valence-corrected chi connectivity index (χ2v) is 6.48. The number of aryl methyl sites for hydroxylation is 1. The summed E-state index contributed by atoms with van der Waals surface area (Å²) in [6.45, 7) is 4.30. The van der Waals surface area contributed by atoms with Gasteiger partial charge in [-0.3, -0.25) is 4.79 Å². The van der Waals surface area contributed by atoms with Crippen molar-refractivity contribution in [3.05, 3.63) is 63.9 Å². The van der Waals surface area contributed by atoms with Crippen LogP contribution in [0.3, 0.4) is 0 Å². The Bertz CT molecular complexity index is 653. The van der Waals surface area contributed by atoms with Crippen LogP contribution >= 0.6 is 15.9 Å². The number of hydrogen-bond donors (Lipinski definition) is 1. The zero-order valence-electron chi connectivity index (χ0n) is 12.7. The summed E-state index contributed by atoms with van der Waals surface area (Å²) in [7, 11) is 0. The lowest BCUT2D eigenvalue weighted by molar-refractivity contribution is -0.116. The third-order valence-electron chi connectivity index (χ3n) is 3.49. The Morgan fingerprint density at radius 2 is 1.86 bits per heavy atom. The summed E-state index contributed by atoms with van der Waals surface area (Å²) in [4.78, 5) is 11.9. The Hall–Kier alpha value is -1.68. The van der Waals surface area contributed by atoms with Crippen LogP contribution in [0.1, 0.15) is 37.3 Å². The van der Waals surface area contributed by atoms with Crippen LogP contribution in [0.2, 0.25) is 0 Å². The van der Waals surface area contributed by atoms with Crippen molar-refractivity contribution in [3.63, 3.8) is 0 Å². The van der Waals surface area contributed by atoms with E-state index < -0.39 is 5.82 Å². The monoisotopic (exact) mass is 363 g/mol. The average Bonchev–Trinajstić information content (AvgIpc) is 2.48. The second kappa shape index (κ2) is 7.54. The molecule has 22 heavy (non-hydrogen) atoms. The number of carbonyl (C=O) groups is 1. The highest BCUT2D eigenvalue weighted by Crippen LogP contribution is 2.20. The van der Waals surface area contributed by atoms with E-state index >= 15 is 0 Å². The number of anilines is 1. The van der Waals surface area contributed by atoms with Gasteiger partial charge in [-0.05, 0) is 41.7 Å². The van der Waals surface area contributed by atoms with Crippen molar-refractivity contribution < 1.29 is 9.18 Å². The van der Waals surface area contributed by atoms with E-state index in [-0.39, 0.29) is 11.6 Å². The van der Waals surface area contributed by atoms with Gasteiger partial charge in [-0.25, -0.2) is 4.39 Å². The van der Waals surface area contributed by atoms with Crippen molar-refractivity contribution in [2.45, 2.75) is 32.6 Å². The molecule has 0 spiro atoms. The lowest BCUT2D eigenvalue weighted by atomic mass is 10.0. The van der Waals surface area contributed by atoms with Gasteiger partial charge in [-0.1, -0.05) is 54.0 Å². The van der Waals surface area contributed by atoms with E-state index in [0.717, 1.165) is 5.56 Å². The van der Waals surface area contributed by atoms with Gasteiger partial charge in [-0.15, -0.1) is 0 Å². The molecule has 4 heteroatoms. The summed E-state index contributed by atoms with van der Waals surface area (Å²) in [5.74, 6) is -0.129. The van der Waals surface area contributed by atoms with Crippen LogP contribution in [-0.4, -0.2) is 5.91 Å². The molecule has 0 fully saturated rings. The molecule has 0 aliphatic rings. The summed E-state index contributed by atoms with van der Waals surface area (Å²) < 4.78 is 14.3. The molecular weight excluding hydrogens is 345 g/mol. The fraction of sp³-hybridized carbons (Fsp3) is 0.278. The van der Waals surface area contributed by atoms with Gasteiger partial charge in [0.05, 0.1) is 5.69 Å². The molecule has 2 nitrogen and oxygen atoms in total. The topological polar surface area (TPSA) is 29.1 Å². The molecule has 0 bridgehead atoms. The molecule has 0 aromatic heterocycles. The van der Waals surface area contributed by atoms with E-state index in [9.17, 15) is 9.18 Å². The first kappa shape index (κ1) is 16.7. The molecule has 0 aliphatic heterocycles. The minimum atomic E-state index is -0.441. The number of rotatable bonds is 5. The van der Waals surface area contributed by atoms with Gasteiger partial charge in [0.1, 0.15) is 5.82 Å². The maximum absolute atomic E-state index is 13.6. The van der Waals surface area contributed by atoms with Crippen LogP contribution < -0.4 is 5.32 Å². The third kappa shape index (κ3) is 4.67. The van der Waals surface area contributed by atoms with Crippen molar-refractivity contribution in [1.29, 1.82) is 0 Å². The Balaban J connectivity index is 1.89. The summed E-state index contributed by atoms with van der Waals surface area (Å²) >= 11 is 3.19. The van der Waals surface area contributed by atoms with Gasteiger partial charge >= 0.3 is 0 Å². The lowest BCUT2D eigenvalue weighted by Gasteiger charge is -2.08. The third-order valence-corrected chi connectivity index (χ3v) is 3.99. The number of benzene rings is 2. The number of amides is 1. The predicted molar refractivity (Wildman–Crippen MR) is 91.6 cm³/mol. The lowest BCUT2D eigenvalue weighted by Crippen LogP contribution is -2.13. The highest BCUT2D eigenvalue weighted by Gasteiger charge is 2.08. The Morgan fingerprint density at radius 1 is 1.18 bits per heavy atom. The molecule has 2 aromatic rings. The first-order chi connectivity index (χ1) is 10.5. The van der Waals surface area contributed by atoms with Crippen LogP contribution in [0.15, 0.2) is 46.9 Å². The van der Waals surface area contributed by atoms with E-state index in [0.29, 0.717) is 23.2 Å². The van der Waals surface area contributed by atoms with Crippen LogP contribution in [0.5, 0.6) is 0 Å². The van der Waals surface area contributed by atoms with E-state index in [4.69, 9.17) is 0 Å². The zero-order valence-corrected chi connectivity index (χ0v) is 14.3. The summed E-state index contributed by atoms with van der Waals surface area (Å²) in [5.41, 5.74) is 2.60. The fourth-order valence-electron chi connectivity index (χ4n) is 2.13. The largest absolute Gasteiger partial charge is 0.324 e. The Kier molecular flexibility index (Phi) is 5.72. The van der Waals surface area contributed by atoms with Gasteiger partial charge in [0.25, 0.3) is 0 Å². The predicted octanol–water partition coefficient (Wildman–Crippen LogP) is 5.28. The molecule has 0 unspecified atom stereocenters. The molecule has 116 valence electrons. The standard InChI is InChI=1S/C18H19BrFNO/c1-12(2)14-6-3-13(4-7-14)5-10-18(22)21-17-9-8-15(19)11-16(17)20/h3-4,6-9,11-12H,5,10H2,1-2H3,(H,21,22). The van der Waals surface area contributed by atoms with Gasteiger partial charge < -0.3 is 5.32 Å². The van der Waals surface area contributed by atoms with Crippen molar-refractivity contribution in [2.24, 2.45) is 0 Å². The SMILES string of the molecule is CC(C)c1ccc(CCC(=O)Nc2ccc(Br)cc2F)cc1. The van der Waals surface area contributed by atoms with Crippen molar-refractivity contribution in [3.8, 4) is 0 Å².